The molecule has 3 aliphatic rings. The fraction of sp³-hybridized carbons (Fsp3) is 0.588. The van der Waals surface area contributed by atoms with Crippen molar-refractivity contribution >= 4 is 5.97 Å². The molecule has 120 valence electrons. The minimum atomic E-state index is -0.294. The number of nitrogens with zero attached hydrogens (tertiary/aromatic N) is 1. The zero-order valence-electron chi connectivity index (χ0n) is 13.4. The number of hydrogen-bond donors (Lipinski definition) is 0. The third-order valence-corrected chi connectivity index (χ3v) is 4.89. The first-order valence-corrected chi connectivity index (χ1v) is 7.75. The fourth-order valence-electron chi connectivity index (χ4n) is 3.57. The number of hydrogen-bond acceptors (Lipinski definition) is 5. The van der Waals surface area contributed by atoms with Crippen LogP contribution < -0.4 is 9.47 Å². The van der Waals surface area contributed by atoms with E-state index in [-0.39, 0.29) is 12.1 Å². The van der Waals surface area contributed by atoms with E-state index in [4.69, 9.17) is 14.2 Å². The monoisotopic (exact) mass is 305 g/mol. The maximum Gasteiger partial charge on any atom is 0.338 e. The Bertz CT molecular complexity index is 537. The van der Waals surface area contributed by atoms with E-state index in [1.165, 1.54) is 6.42 Å². The van der Waals surface area contributed by atoms with Crippen LogP contribution in [0.25, 0.3) is 0 Å². The van der Waals surface area contributed by atoms with Gasteiger partial charge in [-0.25, -0.2) is 4.79 Å². The molecule has 0 spiro atoms. The fourth-order valence-corrected chi connectivity index (χ4v) is 3.57. The minimum absolute atomic E-state index is 0.0274. The number of carbonyl (C=O) groups is 1. The molecule has 0 radical (unpaired) electrons. The molecule has 5 nitrogen and oxygen atoms in total. The number of fused-ring (bicyclic) bond motifs is 3. The van der Waals surface area contributed by atoms with Crippen LogP contribution in [0.2, 0.25) is 0 Å². The van der Waals surface area contributed by atoms with Crippen molar-refractivity contribution in [2.45, 2.75) is 31.4 Å². The molecule has 0 N–H and O–H groups in total. The average Bonchev–Trinajstić information content (AvgIpc) is 2.55. The van der Waals surface area contributed by atoms with Crippen LogP contribution in [0.4, 0.5) is 0 Å². The van der Waals surface area contributed by atoms with Crippen LogP contribution in [0.3, 0.4) is 0 Å². The molecule has 1 aromatic rings. The van der Waals surface area contributed by atoms with Gasteiger partial charge in [0.2, 0.25) is 0 Å². The van der Waals surface area contributed by atoms with Crippen LogP contribution in [-0.4, -0.2) is 50.8 Å². The topological polar surface area (TPSA) is 48.0 Å². The van der Waals surface area contributed by atoms with Crippen LogP contribution in [0, 0.1) is 5.92 Å². The summed E-state index contributed by atoms with van der Waals surface area (Å²) in [7, 11) is 5.29. The molecule has 2 saturated heterocycles. The van der Waals surface area contributed by atoms with Crippen molar-refractivity contribution in [3.05, 3.63) is 23.8 Å². The predicted molar refractivity (Wildman–Crippen MR) is 82.5 cm³/mol. The molecule has 2 bridgehead atoms. The molecule has 1 aromatic carbocycles. The van der Waals surface area contributed by atoms with E-state index in [9.17, 15) is 4.79 Å². The van der Waals surface area contributed by atoms with Gasteiger partial charge < -0.3 is 19.1 Å². The number of ether oxygens (including phenoxy) is 3. The molecule has 1 saturated carbocycles. The SMILES string of the molecule is COc1cc(OC)cc(C(=O)O[C@H]2C[C@H]3CC[C@@H]2CN3C)c1. The average molecular weight is 305 g/mol. The van der Waals surface area contributed by atoms with Crippen molar-refractivity contribution in [2.24, 2.45) is 5.92 Å². The molecular formula is C17H23NO4. The van der Waals surface area contributed by atoms with E-state index in [0.717, 1.165) is 19.4 Å². The molecule has 22 heavy (non-hydrogen) atoms. The lowest BCUT2D eigenvalue weighted by Gasteiger charge is -2.47. The van der Waals surface area contributed by atoms with Crippen LogP contribution in [0.5, 0.6) is 11.5 Å². The lowest BCUT2D eigenvalue weighted by Crippen LogP contribution is -2.53. The second kappa shape index (κ2) is 6.16. The zero-order chi connectivity index (χ0) is 15.7. The lowest BCUT2D eigenvalue weighted by molar-refractivity contribution is -0.0558. The van der Waals surface area contributed by atoms with Gasteiger partial charge in [0.1, 0.15) is 17.6 Å². The Hall–Kier alpha value is -1.75. The smallest absolute Gasteiger partial charge is 0.338 e. The molecular weight excluding hydrogens is 282 g/mol. The largest absolute Gasteiger partial charge is 0.497 e. The summed E-state index contributed by atoms with van der Waals surface area (Å²) < 4.78 is 16.2. The Morgan fingerprint density at radius 2 is 1.82 bits per heavy atom. The summed E-state index contributed by atoms with van der Waals surface area (Å²) in [4.78, 5) is 14.8. The molecule has 0 aromatic heterocycles. The third-order valence-electron chi connectivity index (χ3n) is 4.89. The number of benzene rings is 1. The minimum Gasteiger partial charge on any atom is -0.497 e. The molecule has 5 heteroatoms. The van der Waals surface area contributed by atoms with E-state index < -0.39 is 0 Å². The van der Waals surface area contributed by atoms with Crippen LogP contribution in [0.1, 0.15) is 29.6 Å². The second-order valence-corrected chi connectivity index (χ2v) is 6.21. The first-order valence-electron chi connectivity index (χ1n) is 7.75. The van der Waals surface area contributed by atoms with Crippen molar-refractivity contribution in [1.29, 1.82) is 0 Å². The summed E-state index contributed by atoms with van der Waals surface area (Å²) in [5.41, 5.74) is 0.478. The second-order valence-electron chi connectivity index (χ2n) is 6.21. The molecule has 2 heterocycles. The normalized spacial score (nSPS) is 27.5. The van der Waals surface area contributed by atoms with E-state index in [1.54, 1.807) is 32.4 Å². The number of methoxy groups -OCH3 is 2. The van der Waals surface area contributed by atoms with E-state index in [1.807, 2.05) is 0 Å². The summed E-state index contributed by atoms with van der Waals surface area (Å²) in [5.74, 6) is 1.34. The molecule has 0 amide bonds. The van der Waals surface area contributed by atoms with Crippen molar-refractivity contribution in [2.75, 3.05) is 27.8 Å². The number of carbonyl (C=O) groups excluding carboxylic acids is 1. The van der Waals surface area contributed by atoms with E-state index in [0.29, 0.717) is 29.0 Å². The van der Waals surface area contributed by atoms with Crippen molar-refractivity contribution in [3.8, 4) is 11.5 Å². The van der Waals surface area contributed by atoms with Crippen LogP contribution in [0.15, 0.2) is 18.2 Å². The predicted octanol–water partition coefficient (Wildman–Crippen LogP) is 2.34. The van der Waals surface area contributed by atoms with Gasteiger partial charge in [-0.2, -0.15) is 0 Å². The van der Waals surface area contributed by atoms with Gasteiger partial charge in [0, 0.05) is 31.0 Å². The Kier molecular flexibility index (Phi) is 4.25. The Morgan fingerprint density at radius 1 is 1.14 bits per heavy atom. The molecule has 4 rings (SSSR count). The molecule has 2 aliphatic heterocycles. The van der Waals surface area contributed by atoms with E-state index in [2.05, 4.69) is 11.9 Å². The van der Waals surface area contributed by atoms with Gasteiger partial charge in [-0.3, -0.25) is 0 Å². The maximum absolute atomic E-state index is 12.5. The van der Waals surface area contributed by atoms with Gasteiger partial charge in [0.25, 0.3) is 0 Å². The van der Waals surface area contributed by atoms with Crippen molar-refractivity contribution in [1.82, 2.24) is 4.90 Å². The van der Waals surface area contributed by atoms with Gasteiger partial charge in [0.15, 0.2) is 0 Å². The summed E-state index contributed by atoms with van der Waals surface area (Å²) in [6.45, 7) is 1.02. The summed E-state index contributed by atoms with van der Waals surface area (Å²) in [6.07, 6.45) is 3.32. The molecule has 1 aliphatic carbocycles. The van der Waals surface area contributed by atoms with Gasteiger partial charge in [0.05, 0.1) is 19.8 Å². The van der Waals surface area contributed by atoms with Gasteiger partial charge in [-0.05, 0) is 32.0 Å². The third kappa shape index (κ3) is 2.90. The highest BCUT2D eigenvalue weighted by molar-refractivity contribution is 5.90. The lowest BCUT2D eigenvalue weighted by atomic mass is 9.78. The van der Waals surface area contributed by atoms with Crippen LogP contribution >= 0.6 is 0 Å². The number of esters is 1. The highest BCUT2D eigenvalue weighted by Gasteiger charge is 2.40. The molecule has 0 unspecified atom stereocenters. The van der Waals surface area contributed by atoms with E-state index >= 15 is 0 Å². The first-order chi connectivity index (χ1) is 10.6. The van der Waals surface area contributed by atoms with Gasteiger partial charge in [-0.1, -0.05) is 0 Å². The summed E-state index contributed by atoms with van der Waals surface area (Å²) in [5, 5.41) is 0. The highest BCUT2D eigenvalue weighted by Crippen LogP contribution is 2.36. The standard InChI is InChI=1S/C17H23NO4/c1-18-10-11-4-5-13(18)8-16(11)22-17(19)12-6-14(20-2)9-15(7-12)21-3/h6-7,9,11,13,16H,4-5,8,10H2,1-3H3/t11-,13-,16+/m1/s1. The number of rotatable bonds is 4. The zero-order valence-corrected chi connectivity index (χ0v) is 13.4. The molecule has 3 fully saturated rings. The maximum atomic E-state index is 12.5. The number of piperidine rings is 2. The highest BCUT2D eigenvalue weighted by atomic mass is 16.5. The van der Waals surface area contributed by atoms with Crippen molar-refractivity contribution in [3.63, 3.8) is 0 Å². The quantitative estimate of drug-likeness (QED) is 0.799. The summed E-state index contributed by atoms with van der Waals surface area (Å²) >= 11 is 0. The van der Waals surface area contributed by atoms with Crippen LogP contribution in [-0.2, 0) is 4.74 Å². The Morgan fingerprint density at radius 3 is 2.32 bits per heavy atom. The Labute approximate surface area is 131 Å². The van der Waals surface area contributed by atoms with Gasteiger partial charge >= 0.3 is 5.97 Å². The first kappa shape index (κ1) is 15.2. The summed E-state index contributed by atoms with van der Waals surface area (Å²) in [6, 6.07) is 5.67. The van der Waals surface area contributed by atoms with Crippen molar-refractivity contribution < 1.29 is 19.0 Å². The van der Waals surface area contributed by atoms with Gasteiger partial charge in [-0.15, -0.1) is 0 Å². The Balaban J connectivity index is 1.72. The molecule has 3 atom stereocenters.